The van der Waals surface area contributed by atoms with Gasteiger partial charge in [0.05, 0.1) is 23.0 Å². The molecule has 2 saturated heterocycles. The summed E-state index contributed by atoms with van der Waals surface area (Å²) in [6.07, 6.45) is 14.3. The van der Waals surface area contributed by atoms with Crippen LogP contribution in [-0.4, -0.2) is 52.9 Å². The molecule has 2 aliphatic heterocycles. The van der Waals surface area contributed by atoms with Gasteiger partial charge < -0.3 is 15.1 Å². The molecule has 5 rings (SSSR count). The third-order valence-corrected chi connectivity index (χ3v) is 7.01. The van der Waals surface area contributed by atoms with Crippen LogP contribution in [0.5, 0.6) is 0 Å². The molecule has 1 N–H and O–H groups in total. The van der Waals surface area contributed by atoms with E-state index in [2.05, 4.69) is 38.2 Å². The predicted octanol–water partition coefficient (Wildman–Crippen LogP) is 4.33. The Morgan fingerprint density at radius 2 is 1.67 bits per heavy atom. The van der Waals surface area contributed by atoms with Gasteiger partial charge in [-0.3, -0.25) is 14.6 Å². The van der Waals surface area contributed by atoms with Crippen molar-refractivity contribution in [2.24, 2.45) is 0 Å². The van der Waals surface area contributed by atoms with Crippen molar-refractivity contribution in [1.82, 2.24) is 14.9 Å². The third kappa shape index (κ3) is 5.23. The molecule has 182 valence electrons. The minimum atomic E-state index is -0.279. The second-order valence-corrected chi connectivity index (χ2v) is 9.35. The number of aromatic nitrogens is 2. The Kier molecular flexibility index (Phi) is 6.94. The van der Waals surface area contributed by atoms with Crippen molar-refractivity contribution in [3.05, 3.63) is 83.3 Å². The number of pyridine rings is 2. The van der Waals surface area contributed by atoms with Crippen molar-refractivity contribution >= 4 is 23.3 Å². The Morgan fingerprint density at radius 3 is 2.33 bits per heavy atom. The number of anilines is 2. The molecule has 2 aromatic heterocycles. The number of carbonyl (C=O) groups is 2. The zero-order valence-corrected chi connectivity index (χ0v) is 20.2. The first kappa shape index (κ1) is 23.6. The standard InChI is InChI=1S/C29H29N5O2/c1-2-21-5-7-22(8-6-21)23-11-15-34(16-12-23)29(36)25-17-26(20-30-18-25)32-28(35)24-9-10-27(31-19-24)33-13-3-4-14-33/h1,5-10,17-20,23H,3-4,11-16H2,(H,32,35). The van der Waals surface area contributed by atoms with Gasteiger partial charge in [0.2, 0.25) is 0 Å². The first-order valence-electron chi connectivity index (χ1n) is 12.4. The van der Waals surface area contributed by atoms with E-state index in [0.717, 1.165) is 37.3 Å². The van der Waals surface area contributed by atoms with E-state index in [4.69, 9.17) is 6.42 Å². The maximum Gasteiger partial charge on any atom is 0.257 e. The zero-order valence-electron chi connectivity index (χ0n) is 20.2. The molecule has 2 amide bonds. The van der Waals surface area contributed by atoms with Crippen LogP contribution in [0.3, 0.4) is 0 Å². The SMILES string of the molecule is C#Cc1ccc(C2CCN(C(=O)c3cncc(NC(=O)c4ccc(N5CCCC5)nc4)c3)CC2)cc1. The summed E-state index contributed by atoms with van der Waals surface area (Å²) in [6, 6.07) is 13.5. The Hall–Kier alpha value is -4.18. The zero-order chi connectivity index (χ0) is 24.9. The number of amides is 2. The summed E-state index contributed by atoms with van der Waals surface area (Å²) in [7, 11) is 0. The summed E-state index contributed by atoms with van der Waals surface area (Å²) in [6.45, 7) is 3.35. The lowest BCUT2D eigenvalue weighted by atomic mass is 9.89. The van der Waals surface area contributed by atoms with E-state index in [1.165, 1.54) is 18.4 Å². The van der Waals surface area contributed by atoms with E-state index >= 15 is 0 Å². The number of hydrogen-bond donors (Lipinski definition) is 1. The monoisotopic (exact) mass is 479 g/mol. The molecule has 0 unspecified atom stereocenters. The average Bonchev–Trinajstić information content (AvgIpc) is 3.48. The van der Waals surface area contributed by atoms with E-state index in [9.17, 15) is 9.59 Å². The van der Waals surface area contributed by atoms with Gasteiger partial charge in [0.15, 0.2) is 0 Å². The summed E-state index contributed by atoms with van der Waals surface area (Å²) in [5, 5.41) is 2.84. The van der Waals surface area contributed by atoms with Crippen molar-refractivity contribution in [3.8, 4) is 12.3 Å². The van der Waals surface area contributed by atoms with Crippen LogP contribution in [0.25, 0.3) is 0 Å². The highest BCUT2D eigenvalue weighted by atomic mass is 16.2. The summed E-state index contributed by atoms with van der Waals surface area (Å²) < 4.78 is 0. The van der Waals surface area contributed by atoms with Gasteiger partial charge in [-0.1, -0.05) is 18.1 Å². The molecule has 2 aliphatic rings. The molecular formula is C29H29N5O2. The van der Waals surface area contributed by atoms with E-state index in [0.29, 0.717) is 35.8 Å². The maximum absolute atomic E-state index is 13.1. The van der Waals surface area contributed by atoms with Gasteiger partial charge in [0.25, 0.3) is 11.8 Å². The molecule has 7 nitrogen and oxygen atoms in total. The summed E-state index contributed by atoms with van der Waals surface area (Å²) in [5.74, 6) is 3.60. The molecule has 0 radical (unpaired) electrons. The predicted molar refractivity (Wildman–Crippen MR) is 140 cm³/mol. The normalized spacial score (nSPS) is 16.0. The lowest BCUT2D eigenvalue weighted by molar-refractivity contribution is 0.0712. The Morgan fingerprint density at radius 1 is 0.917 bits per heavy atom. The quantitative estimate of drug-likeness (QED) is 0.551. The van der Waals surface area contributed by atoms with Gasteiger partial charge in [-0.15, -0.1) is 6.42 Å². The fourth-order valence-electron chi connectivity index (χ4n) is 4.93. The lowest BCUT2D eigenvalue weighted by Crippen LogP contribution is -2.38. The smallest absolute Gasteiger partial charge is 0.257 e. The summed E-state index contributed by atoms with van der Waals surface area (Å²) in [5.41, 5.74) is 3.55. The van der Waals surface area contributed by atoms with Gasteiger partial charge in [0, 0.05) is 44.1 Å². The van der Waals surface area contributed by atoms with Crippen molar-refractivity contribution in [2.45, 2.75) is 31.6 Å². The molecule has 7 heteroatoms. The molecule has 1 aromatic carbocycles. The average molecular weight is 480 g/mol. The molecule has 2 fully saturated rings. The van der Waals surface area contributed by atoms with Crippen LogP contribution in [0.2, 0.25) is 0 Å². The molecule has 0 bridgehead atoms. The van der Waals surface area contributed by atoms with Gasteiger partial charge in [-0.25, -0.2) is 4.98 Å². The van der Waals surface area contributed by atoms with Crippen molar-refractivity contribution in [1.29, 1.82) is 0 Å². The topological polar surface area (TPSA) is 78.4 Å². The van der Waals surface area contributed by atoms with E-state index in [1.54, 1.807) is 30.7 Å². The number of hydrogen-bond acceptors (Lipinski definition) is 5. The molecular weight excluding hydrogens is 450 g/mol. The Labute approximate surface area is 211 Å². The number of likely N-dealkylation sites (tertiary alicyclic amines) is 1. The largest absolute Gasteiger partial charge is 0.357 e. The van der Waals surface area contributed by atoms with Crippen LogP contribution >= 0.6 is 0 Å². The number of carbonyl (C=O) groups excluding carboxylic acids is 2. The summed E-state index contributed by atoms with van der Waals surface area (Å²) in [4.78, 5) is 38.6. The first-order chi connectivity index (χ1) is 17.6. The minimum Gasteiger partial charge on any atom is -0.357 e. The minimum absolute atomic E-state index is 0.0728. The lowest BCUT2D eigenvalue weighted by Gasteiger charge is -2.32. The first-order valence-corrected chi connectivity index (χ1v) is 12.4. The second kappa shape index (κ2) is 10.6. The van der Waals surface area contributed by atoms with Crippen LogP contribution in [0.15, 0.2) is 61.1 Å². The molecule has 4 heterocycles. The third-order valence-electron chi connectivity index (χ3n) is 7.01. The van der Waals surface area contributed by atoms with E-state index in [-0.39, 0.29) is 11.8 Å². The molecule has 0 spiro atoms. The Bertz CT molecular complexity index is 1270. The highest BCUT2D eigenvalue weighted by Gasteiger charge is 2.25. The number of benzene rings is 1. The number of piperidine rings is 1. The van der Waals surface area contributed by atoms with Crippen LogP contribution in [0.1, 0.15) is 63.4 Å². The van der Waals surface area contributed by atoms with Crippen molar-refractivity contribution < 1.29 is 9.59 Å². The van der Waals surface area contributed by atoms with Crippen LogP contribution in [0.4, 0.5) is 11.5 Å². The van der Waals surface area contributed by atoms with Gasteiger partial charge in [-0.05, 0) is 67.5 Å². The number of rotatable bonds is 5. The molecule has 3 aromatic rings. The maximum atomic E-state index is 13.1. The van der Waals surface area contributed by atoms with Gasteiger partial charge >= 0.3 is 0 Å². The van der Waals surface area contributed by atoms with Crippen molar-refractivity contribution in [2.75, 3.05) is 36.4 Å². The summed E-state index contributed by atoms with van der Waals surface area (Å²) >= 11 is 0. The van der Waals surface area contributed by atoms with Gasteiger partial charge in [0.1, 0.15) is 5.82 Å². The van der Waals surface area contributed by atoms with Gasteiger partial charge in [-0.2, -0.15) is 0 Å². The molecule has 0 atom stereocenters. The second-order valence-electron chi connectivity index (χ2n) is 9.35. The van der Waals surface area contributed by atoms with E-state index < -0.39 is 0 Å². The molecule has 0 saturated carbocycles. The number of nitrogens with one attached hydrogen (secondary N) is 1. The fraction of sp³-hybridized carbons (Fsp3) is 0.310. The Balaban J connectivity index is 1.18. The molecule has 36 heavy (non-hydrogen) atoms. The van der Waals surface area contributed by atoms with E-state index in [1.807, 2.05) is 23.1 Å². The number of terminal acetylenes is 1. The number of nitrogens with zero attached hydrogens (tertiary/aromatic N) is 4. The van der Waals surface area contributed by atoms with Crippen LogP contribution < -0.4 is 10.2 Å². The van der Waals surface area contributed by atoms with Crippen LogP contribution in [0, 0.1) is 12.3 Å². The van der Waals surface area contributed by atoms with Crippen LogP contribution in [-0.2, 0) is 0 Å². The highest BCUT2D eigenvalue weighted by molar-refractivity contribution is 6.04. The molecule has 0 aliphatic carbocycles. The van der Waals surface area contributed by atoms with Crippen molar-refractivity contribution in [3.63, 3.8) is 0 Å². The highest BCUT2D eigenvalue weighted by Crippen LogP contribution is 2.29. The fourth-order valence-corrected chi connectivity index (χ4v) is 4.93.